The zero-order chi connectivity index (χ0) is 20.5. The van der Waals surface area contributed by atoms with Crippen molar-refractivity contribution in [2.75, 3.05) is 19.6 Å². The summed E-state index contributed by atoms with van der Waals surface area (Å²) in [5.74, 6) is 1.17. The Morgan fingerprint density at radius 2 is 1.86 bits per heavy atom. The summed E-state index contributed by atoms with van der Waals surface area (Å²) in [5, 5.41) is 3.51. The molecule has 1 fully saturated rings. The number of ether oxygens (including phenoxy) is 1. The van der Waals surface area contributed by atoms with Crippen LogP contribution in [-0.2, 0) is 13.0 Å². The Kier molecular flexibility index (Phi) is 8.12. The molecule has 0 unspecified atom stereocenters. The maximum absolute atomic E-state index is 12.7. The molecule has 3 rings (SSSR count). The zero-order valence-electron chi connectivity index (χ0n) is 17.8. The van der Waals surface area contributed by atoms with Gasteiger partial charge in [0.15, 0.2) is 0 Å². The van der Waals surface area contributed by atoms with Gasteiger partial charge in [0.2, 0.25) is 0 Å². The van der Waals surface area contributed by atoms with E-state index in [1.807, 2.05) is 35.2 Å². The maximum atomic E-state index is 12.7. The fraction of sp³-hybridized carbons (Fsp3) is 0.480. The molecule has 1 heterocycles. The van der Waals surface area contributed by atoms with Crippen LogP contribution in [0, 0.1) is 0 Å². The van der Waals surface area contributed by atoms with Crippen LogP contribution < -0.4 is 10.1 Å². The molecular weight excluding hydrogens is 360 g/mol. The van der Waals surface area contributed by atoms with Gasteiger partial charge in [-0.3, -0.25) is 4.79 Å². The van der Waals surface area contributed by atoms with Gasteiger partial charge in [-0.05, 0) is 81.8 Å². The molecule has 1 aliphatic heterocycles. The Hall–Kier alpha value is -2.33. The number of carbonyl (C=O) groups excluding carboxylic acids is 1. The van der Waals surface area contributed by atoms with Crippen LogP contribution in [0.15, 0.2) is 48.5 Å². The van der Waals surface area contributed by atoms with E-state index in [9.17, 15) is 4.79 Å². The molecule has 1 amide bonds. The smallest absolute Gasteiger partial charge is 0.253 e. The van der Waals surface area contributed by atoms with E-state index in [2.05, 4.69) is 37.4 Å². The molecule has 2 aromatic carbocycles. The van der Waals surface area contributed by atoms with Crippen molar-refractivity contribution in [1.82, 2.24) is 10.2 Å². The number of nitrogens with one attached hydrogen (secondary N) is 1. The zero-order valence-corrected chi connectivity index (χ0v) is 17.8. The third-order valence-electron chi connectivity index (χ3n) is 5.28. The van der Waals surface area contributed by atoms with Gasteiger partial charge in [0, 0.05) is 25.2 Å². The van der Waals surface area contributed by atoms with E-state index in [0.29, 0.717) is 0 Å². The lowest BCUT2D eigenvalue weighted by atomic mass is 10.1. The third kappa shape index (κ3) is 6.60. The number of benzene rings is 2. The number of para-hydroxylation sites is 1. The van der Waals surface area contributed by atoms with E-state index >= 15 is 0 Å². The summed E-state index contributed by atoms with van der Waals surface area (Å²) in [6.45, 7) is 7.61. The molecule has 1 aliphatic rings. The van der Waals surface area contributed by atoms with Crippen molar-refractivity contribution in [3.8, 4) is 5.75 Å². The number of rotatable bonds is 9. The molecule has 0 aliphatic carbocycles. The standard InChI is InChI=1S/C25H34N2O2/c1-20(2)29-24-14-5-4-11-22(24)13-9-15-26-19-21-10-8-12-23(18-21)25(28)27-16-6-3-7-17-27/h4-5,8,10-12,14,18,20,26H,3,6-7,9,13,15-17,19H2,1-2H3. The quantitative estimate of drug-likeness (QED) is 0.620. The molecule has 156 valence electrons. The molecule has 4 heteroatoms. The lowest BCUT2D eigenvalue weighted by Gasteiger charge is -2.26. The molecule has 4 nitrogen and oxygen atoms in total. The van der Waals surface area contributed by atoms with Gasteiger partial charge in [0.1, 0.15) is 5.75 Å². The van der Waals surface area contributed by atoms with Crippen LogP contribution in [0.4, 0.5) is 0 Å². The Morgan fingerprint density at radius 3 is 2.66 bits per heavy atom. The summed E-state index contributed by atoms with van der Waals surface area (Å²) in [6, 6.07) is 16.3. The Bertz CT molecular complexity index is 782. The molecule has 0 atom stereocenters. The highest BCUT2D eigenvalue weighted by Crippen LogP contribution is 2.20. The second-order valence-corrected chi connectivity index (χ2v) is 8.11. The molecule has 1 N–H and O–H groups in total. The number of amides is 1. The Balaban J connectivity index is 1.45. The van der Waals surface area contributed by atoms with E-state index in [1.54, 1.807) is 0 Å². The van der Waals surface area contributed by atoms with E-state index < -0.39 is 0 Å². The number of hydrogen-bond donors (Lipinski definition) is 1. The lowest BCUT2D eigenvalue weighted by Crippen LogP contribution is -2.35. The van der Waals surface area contributed by atoms with Crippen molar-refractivity contribution < 1.29 is 9.53 Å². The molecule has 0 radical (unpaired) electrons. The van der Waals surface area contributed by atoms with Crippen LogP contribution in [0.3, 0.4) is 0 Å². The van der Waals surface area contributed by atoms with Crippen molar-refractivity contribution in [2.24, 2.45) is 0 Å². The number of likely N-dealkylation sites (tertiary alicyclic amines) is 1. The maximum Gasteiger partial charge on any atom is 0.253 e. The van der Waals surface area contributed by atoms with E-state index in [-0.39, 0.29) is 12.0 Å². The summed E-state index contributed by atoms with van der Waals surface area (Å²) in [5.41, 5.74) is 3.24. The molecular formula is C25H34N2O2. The molecule has 1 saturated heterocycles. The van der Waals surface area contributed by atoms with E-state index in [0.717, 1.165) is 68.7 Å². The lowest BCUT2D eigenvalue weighted by molar-refractivity contribution is 0.0724. The van der Waals surface area contributed by atoms with Gasteiger partial charge < -0.3 is 15.0 Å². The van der Waals surface area contributed by atoms with Crippen LogP contribution >= 0.6 is 0 Å². The minimum Gasteiger partial charge on any atom is -0.491 e. The van der Waals surface area contributed by atoms with Crippen LogP contribution in [0.5, 0.6) is 5.75 Å². The van der Waals surface area contributed by atoms with Gasteiger partial charge in [0.05, 0.1) is 6.10 Å². The van der Waals surface area contributed by atoms with Crippen LogP contribution in [0.2, 0.25) is 0 Å². The first-order chi connectivity index (χ1) is 14.1. The molecule has 0 saturated carbocycles. The third-order valence-corrected chi connectivity index (χ3v) is 5.28. The van der Waals surface area contributed by atoms with E-state index in [1.165, 1.54) is 12.0 Å². The highest BCUT2D eigenvalue weighted by molar-refractivity contribution is 5.94. The summed E-state index contributed by atoms with van der Waals surface area (Å²) >= 11 is 0. The number of aryl methyl sites for hydroxylation is 1. The van der Waals surface area contributed by atoms with Gasteiger partial charge in [-0.25, -0.2) is 0 Å². The fourth-order valence-electron chi connectivity index (χ4n) is 3.81. The normalized spacial score (nSPS) is 14.2. The van der Waals surface area contributed by atoms with Gasteiger partial charge in [-0.2, -0.15) is 0 Å². The monoisotopic (exact) mass is 394 g/mol. The molecule has 0 aromatic heterocycles. The molecule has 0 bridgehead atoms. The summed E-state index contributed by atoms with van der Waals surface area (Å²) in [6.07, 6.45) is 5.71. The average Bonchev–Trinajstić information content (AvgIpc) is 2.74. The van der Waals surface area contributed by atoms with Crippen molar-refractivity contribution in [3.05, 3.63) is 65.2 Å². The van der Waals surface area contributed by atoms with E-state index in [4.69, 9.17) is 4.74 Å². The van der Waals surface area contributed by atoms with Crippen LogP contribution in [0.25, 0.3) is 0 Å². The largest absolute Gasteiger partial charge is 0.491 e. The first-order valence-corrected chi connectivity index (χ1v) is 11.0. The van der Waals surface area contributed by atoms with Crippen LogP contribution in [0.1, 0.15) is 61.0 Å². The first-order valence-electron chi connectivity index (χ1n) is 11.0. The number of piperidine rings is 1. The van der Waals surface area contributed by atoms with Gasteiger partial charge >= 0.3 is 0 Å². The summed E-state index contributed by atoms with van der Waals surface area (Å²) in [4.78, 5) is 14.7. The molecule has 2 aromatic rings. The summed E-state index contributed by atoms with van der Waals surface area (Å²) in [7, 11) is 0. The summed E-state index contributed by atoms with van der Waals surface area (Å²) < 4.78 is 5.90. The van der Waals surface area contributed by atoms with Crippen molar-refractivity contribution in [2.45, 2.75) is 58.6 Å². The highest BCUT2D eigenvalue weighted by atomic mass is 16.5. The second kappa shape index (κ2) is 11.0. The van der Waals surface area contributed by atoms with Crippen molar-refractivity contribution >= 4 is 5.91 Å². The number of nitrogens with zero attached hydrogens (tertiary/aromatic N) is 1. The topological polar surface area (TPSA) is 41.6 Å². The first kappa shape index (κ1) is 21.4. The predicted molar refractivity (Wildman–Crippen MR) is 118 cm³/mol. The average molecular weight is 395 g/mol. The Morgan fingerprint density at radius 1 is 1.07 bits per heavy atom. The fourth-order valence-corrected chi connectivity index (χ4v) is 3.81. The van der Waals surface area contributed by atoms with Crippen molar-refractivity contribution in [3.63, 3.8) is 0 Å². The highest BCUT2D eigenvalue weighted by Gasteiger charge is 2.18. The second-order valence-electron chi connectivity index (χ2n) is 8.11. The number of carbonyl (C=O) groups is 1. The van der Waals surface area contributed by atoms with Gasteiger partial charge in [0.25, 0.3) is 5.91 Å². The SMILES string of the molecule is CC(C)Oc1ccccc1CCCNCc1cccc(C(=O)N2CCCCC2)c1. The molecule has 0 spiro atoms. The van der Waals surface area contributed by atoms with Gasteiger partial charge in [-0.15, -0.1) is 0 Å². The Labute approximate surface area is 175 Å². The molecule has 29 heavy (non-hydrogen) atoms. The minimum absolute atomic E-state index is 0.174. The van der Waals surface area contributed by atoms with Gasteiger partial charge in [-0.1, -0.05) is 30.3 Å². The van der Waals surface area contributed by atoms with Crippen LogP contribution in [-0.4, -0.2) is 36.5 Å². The number of hydrogen-bond acceptors (Lipinski definition) is 3. The van der Waals surface area contributed by atoms with Crippen molar-refractivity contribution in [1.29, 1.82) is 0 Å². The minimum atomic E-state index is 0.174. The predicted octanol–water partition coefficient (Wildman–Crippen LogP) is 4.82.